The minimum absolute atomic E-state index is 0.197. The van der Waals surface area contributed by atoms with Crippen LogP contribution in [0.4, 0.5) is 5.82 Å². The van der Waals surface area contributed by atoms with Crippen LogP contribution in [0.2, 0.25) is 10.0 Å². The van der Waals surface area contributed by atoms with Gasteiger partial charge in [0.25, 0.3) is 11.5 Å². The van der Waals surface area contributed by atoms with Crippen LogP contribution in [0.3, 0.4) is 0 Å². The van der Waals surface area contributed by atoms with E-state index >= 15 is 0 Å². The van der Waals surface area contributed by atoms with E-state index in [4.69, 9.17) is 27.9 Å². The molecule has 0 saturated heterocycles. The number of anilines is 1. The standard InChI is InChI=1S/C27H20Cl2N2O3/c1-34-22-5-2-4-19(16-22)27(33)31-23-6-3-7-24(32)30(23)25(17-8-12-20(28)13-9-17)26(31)18-10-14-21(29)15-11-18/h2-16,25-26H,1H3. The molecule has 2 heterocycles. The third-order valence-corrected chi connectivity index (χ3v) is 6.53. The molecule has 4 aromatic rings. The number of fused-ring (bicyclic) bond motifs is 1. The largest absolute Gasteiger partial charge is 0.497 e. The third kappa shape index (κ3) is 3.87. The van der Waals surface area contributed by atoms with Gasteiger partial charge in [-0.2, -0.15) is 0 Å². The summed E-state index contributed by atoms with van der Waals surface area (Å²) in [7, 11) is 1.56. The van der Waals surface area contributed by atoms with E-state index in [1.165, 1.54) is 6.07 Å². The zero-order valence-electron chi connectivity index (χ0n) is 18.2. The number of amides is 1. The quantitative estimate of drug-likeness (QED) is 0.344. The lowest BCUT2D eigenvalue weighted by molar-refractivity contribution is 0.0977. The minimum Gasteiger partial charge on any atom is -0.497 e. The van der Waals surface area contributed by atoms with E-state index in [-0.39, 0.29) is 11.5 Å². The van der Waals surface area contributed by atoms with Gasteiger partial charge in [-0.3, -0.25) is 19.1 Å². The molecule has 0 bridgehead atoms. The van der Waals surface area contributed by atoms with Gasteiger partial charge in [-0.1, -0.05) is 59.6 Å². The number of carbonyl (C=O) groups is 1. The van der Waals surface area contributed by atoms with Crippen LogP contribution in [0.25, 0.3) is 0 Å². The fourth-order valence-electron chi connectivity index (χ4n) is 4.50. The van der Waals surface area contributed by atoms with Gasteiger partial charge in [0.15, 0.2) is 0 Å². The molecule has 5 nitrogen and oxygen atoms in total. The molecular weight excluding hydrogens is 471 g/mol. The number of methoxy groups -OCH3 is 1. The van der Waals surface area contributed by atoms with Crippen LogP contribution in [0.15, 0.2) is 95.8 Å². The summed E-state index contributed by atoms with van der Waals surface area (Å²) >= 11 is 12.3. The van der Waals surface area contributed by atoms with Gasteiger partial charge in [0, 0.05) is 21.7 Å². The zero-order valence-corrected chi connectivity index (χ0v) is 19.7. The Morgan fingerprint density at radius 1 is 0.794 bits per heavy atom. The maximum atomic E-state index is 14.0. The summed E-state index contributed by atoms with van der Waals surface area (Å²) in [5.41, 5.74) is 1.97. The molecule has 1 amide bonds. The van der Waals surface area contributed by atoms with Crippen molar-refractivity contribution >= 4 is 34.9 Å². The summed E-state index contributed by atoms with van der Waals surface area (Å²) < 4.78 is 7.00. The van der Waals surface area contributed by atoms with Gasteiger partial charge in [0.1, 0.15) is 11.6 Å². The predicted molar refractivity (Wildman–Crippen MR) is 134 cm³/mol. The van der Waals surface area contributed by atoms with E-state index in [2.05, 4.69) is 0 Å². The number of halogens is 2. The Balaban J connectivity index is 1.75. The molecule has 1 aromatic heterocycles. The van der Waals surface area contributed by atoms with Crippen LogP contribution in [0.1, 0.15) is 33.6 Å². The highest BCUT2D eigenvalue weighted by Crippen LogP contribution is 2.47. The second-order valence-electron chi connectivity index (χ2n) is 7.99. The Bertz CT molecular complexity index is 1420. The number of benzene rings is 3. The number of pyridine rings is 1. The molecule has 2 atom stereocenters. The molecule has 1 aliphatic rings. The van der Waals surface area contributed by atoms with Crippen LogP contribution >= 0.6 is 23.2 Å². The first-order valence-electron chi connectivity index (χ1n) is 10.7. The van der Waals surface area contributed by atoms with E-state index < -0.39 is 12.1 Å². The summed E-state index contributed by atoms with van der Waals surface area (Å²) in [6.07, 6.45) is 0. The molecule has 0 fully saturated rings. The van der Waals surface area contributed by atoms with Crippen molar-refractivity contribution in [1.82, 2.24) is 4.57 Å². The Kier molecular flexibility index (Phi) is 5.90. The molecule has 0 N–H and O–H groups in total. The SMILES string of the molecule is COc1cccc(C(=O)N2c3cccc(=O)n3C(c3ccc(Cl)cc3)C2c2ccc(Cl)cc2)c1. The molecule has 170 valence electrons. The van der Waals surface area contributed by atoms with Gasteiger partial charge < -0.3 is 4.74 Å². The average Bonchev–Trinajstić information content (AvgIpc) is 3.21. The fraction of sp³-hybridized carbons (Fsp3) is 0.111. The summed E-state index contributed by atoms with van der Waals surface area (Å²) in [5.74, 6) is 0.850. The molecule has 0 spiro atoms. The Morgan fingerprint density at radius 2 is 1.38 bits per heavy atom. The summed E-state index contributed by atoms with van der Waals surface area (Å²) in [4.78, 5) is 28.8. The van der Waals surface area contributed by atoms with E-state index in [9.17, 15) is 9.59 Å². The van der Waals surface area contributed by atoms with Crippen molar-refractivity contribution in [3.05, 3.63) is 128 Å². The highest BCUT2D eigenvalue weighted by molar-refractivity contribution is 6.30. The van der Waals surface area contributed by atoms with Gasteiger partial charge >= 0.3 is 0 Å². The molecule has 7 heteroatoms. The van der Waals surface area contributed by atoms with E-state index in [1.54, 1.807) is 77.2 Å². The average molecular weight is 491 g/mol. The Hall–Kier alpha value is -3.54. The number of aromatic nitrogens is 1. The fourth-order valence-corrected chi connectivity index (χ4v) is 4.75. The van der Waals surface area contributed by atoms with Crippen LogP contribution < -0.4 is 15.2 Å². The van der Waals surface area contributed by atoms with Gasteiger partial charge in [0.2, 0.25) is 0 Å². The van der Waals surface area contributed by atoms with E-state index in [0.29, 0.717) is 27.2 Å². The molecule has 2 unspecified atom stereocenters. The lowest BCUT2D eigenvalue weighted by Gasteiger charge is -2.28. The van der Waals surface area contributed by atoms with Crippen molar-refractivity contribution in [3.8, 4) is 5.75 Å². The topological polar surface area (TPSA) is 51.5 Å². The highest BCUT2D eigenvalue weighted by atomic mass is 35.5. The van der Waals surface area contributed by atoms with Crippen LogP contribution in [0, 0.1) is 0 Å². The number of hydrogen-bond acceptors (Lipinski definition) is 3. The number of ether oxygens (including phenoxy) is 1. The highest BCUT2D eigenvalue weighted by Gasteiger charge is 2.44. The lowest BCUT2D eigenvalue weighted by atomic mass is 9.93. The number of hydrogen-bond donors (Lipinski definition) is 0. The monoisotopic (exact) mass is 490 g/mol. The number of rotatable bonds is 4. The van der Waals surface area contributed by atoms with E-state index in [1.807, 2.05) is 24.3 Å². The molecule has 34 heavy (non-hydrogen) atoms. The maximum Gasteiger partial charge on any atom is 0.260 e. The van der Waals surface area contributed by atoms with Crippen LogP contribution in [-0.2, 0) is 0 Å². The van der Waals surface area contributed by atoms with Crippen molar-refractivity contribution in [3.63, 3.8) is 0 Å². The molecule has 3 aromatic carbocycles. The minimum atomic E-state index is -0.493. The molecule has 0 radical (unpaired) electrons. The van der Waals surface area contributed by atoms with Crippen molar-refractivity contribution in [2.75, 3.05) is 12.0 Å². The van der Waals surface area contributed by atoms with Gasteiger partial charge in [-0.25, -0.2) is 0 Å². The van der Waals surface area contributed by atoms with Crippen molar-refractivity contribution in [1.29, 1.82) is 0 Å². The van der Waals surface area contributed by atoms with Crippen molar-refractivity contribution in [2.24, 2.45) is 0 Å². The summed E-state index contributed by atoms with van der Waals surface area (Å²) in [6, 6.07) is 25.7. The maximum absolute atomic E-state index is 14.0. The smallest absolute Gasteiger partial charge is 0.260 e. The molecule has 5 rings (SSSR count). The van der Waals surface area contributed by atoms with Crippen molar-refractivity contribution in [2.45, 2.75) is 12.1 Å². The molecule has 0 saturated carbocycles. The second-order valence-corrected chi connectivity index (χ2v) is 8.86. The molecule has 0 aliphatic carbocycles. The van der Waals surface area contributed by atoms with E-state index in [0.717, 1.165) is 11.1 Å². The molecule has 1 aliphatic heterocycles. The summed E-state index contributed by atoms with van der Waals surface area (Å²) in [5, 5.41) is 1.18. The Morgan fingerprint density at radius 3 is 2.00 bits per heavy atom. The predicted octanol–water partition coefficient (Wildman–Crippen LogP) is 6.15. The van der Waals surface area contributed by atoms with Gasteiger partial charge in [-0.15, -0.1) is 0 Å². The lowest BCUT2D eigenvalue weighted by Crippen LogP contribution is -2.33. The number of nitrogens with zero attached hydrogens (tertiary/aromatic N) is 2. The van der Waals surface area contributed by atoms with Gasteiger partial charge in [0.05, 0.1) is 19.2 Å². The number of carbonyl (C=O) groups excluding carboxylic acids is 1. The second kappa shape index (κ2) is 9.01. The zero-order chi connectivity index (χ0) is 23.8. The summed E-state index contributed by atoms with van der Waals surface area (Å²) in [6.45, 7) is 0. The Labute approximate surface area is 206 Å². The first kappa shape index (κ1) is 22.3. The van der Waals surface area contributed by atoms with Crippen LogP contribution in [-0.4, -0.2) is 17.6 Å². The van der Waals surface area contributed by atoms with Crippen molar-refractivity contribution < 1.29 is 9.53 Å². The molecular formula is C27H20Cl2N2O3. The van der Waals surface area contributed by atoms with Gasteiger partial charge in [-0.05, 0) is 59.7 Å². The van der Waals surface area contributed by atoms with Crippen LogP contribution in [0.5, 0.6) is 5.75 Å². The normalized spacial score (nSPS) is 16.9. The first-order valence-corrected chi connectivity index (χ1v) is 11.4. The first-order chi connectivity index (χ1) is 16.5. The third-order valence-electron chi connectivity index (χ3n) is 6.03.